The lowest BCUT2D eigenvalue weighted by Gasteiger charge is -2.27. The minimum absolute atomic E-state index is 0.0694. The van der Waals surface area contributed by atoms with Gasteiger partial charge in [-0.3, -0.25) is 9.59 Å². The largest absolute Gasteiger partial charge is 0.497 e. The molecule has 2 heterocycles. The Morgan fingerprint density at radius 1 is 1.22 bits per heavy atom. The Hall–Kier alpha value is -2.91. The van der Waals surface area contributed by atoms with Crippen molar-refractivity contribution < 1.29 is 23.8 Å². The first-order valence-corrected chi connectivity index (χ1v) is 11.3. The summed E-state index contributed by atoms with van der Waals surface area (Å²) in [5, 5.41) is 8.15. The van der Waals surface area contributed by atoms with Gasteiger partial charge in [0.05, 0.1) is 37.5 Å². The van der Waals surface area contributed by atoms with E-state index >= 15 is 0 Å². The summed E-state index contributed by atoms with van der Waals surface area (Å²) in [5.74, 6) is 0.953. The third kappa shape index (κ3) is 5.28. The van der Waals surface area contributed by atoms with Gasteiger partial charge in [0.1, 0.15) is 18.0 Å². The first kappa shape index (κ1) is 23.7. The molecule has 0 unspecified atom stereocenters. The molecule has 0 aliphatic carbocycles. The highest BCUT2D eigenvalue weighted by Crippen LogP contribution is 2.39. The molecule has 0 saturated heterocycles. The van der Waals surface area contributed by atoms with Crippen LogP contribution < -0.4 is 9.47 Å². The van der Waals surface area contributed by atoms with Crippen molar-refractivity contribution >= 4 is 28.9 Å². The van der Waals surface area contributed by atoms with Crippen LogP contribution in [0.2, 0.25) is 0 Å². The SMILES string of the molecule is CCC(=O)N(CCOC)CC(=O)N1N=C(c2cccs2)C[C@@H]1c1cc(OC)ccc1OC. The van der Waals surface area contributed by atoms with Crippen molar-refractivity contribution in [3.63, 3.8) is 0 Å². The van der Waals surface area contributed by atoms with Crippen molar-refractivity contribution in [1.29, 1.82) is 0 Å². The van der Waals surface area contributed by atoms with E-state index in [9.17, 15) is 9.59 Å². The van der Waals surface area contributed by atoms with Gasteiger partial charge in [0.15, 0.2) is 0 Å². The van der Waals surface area contributed by atoms with E-state index in [1.165, 1.54) is 9.91 Å². The van der Waals surface area contributed by atoms with E-state index in [4.69, 9.17) is 14.2 Å². The van der Waals surface area contributed by atoms with Crippen LogP contribution >= 0.6 is 11.3 Å². The van der Waals surface area contributed by atoms with E-state index in [2.05, 4.69) is 5.10 Å². The van der Waals surface area contributed by atoms with Crippen LogP contribution in [-0.4, -0.2) is 68.5 Å². The zero-order valence-electron chi connectivity index (χ0n) is 18.9. The summed E-state index contributed by atoms with van der Waals surface area (Å²) in [6.07, 6.45) is 0.851. The predicted octanol–water partition coefficient (Wildman–Crippen LogP) is 3.33. The molecule has 2 aromatic rings. The van der Waals surface area contributed by atoms with Gasteiger partial charge in [0, 0.05) is 32.1 Å². The van der Waals surface area contributed by atoms with E-state index in [-0.39, 0.29) is 24.4 Å². The van der Waals surface area contributed by atoms with Crippen LogP contribution in [0, 0.1) is 0 Å². The first-order chi connectivity index (χ1) is 15.5. The van der Waals surface area contributed by atoms with E-state index in [1.807, 2.05) is 35.7 Å². The smallest absolute Gasteiger partial charge is 0.262 e. The zero-order chi connectivity index (χ0) is 23.1. The van der Waals surface area contributed by atoms with Gasteiger partial charge in [-0.25, -0.2) is 5.01 Å². The summed E-state index contributed by atoms with van der Waals surface area (Å²) in [6, 6.07) is 9.09. The number of hydrogen-bond acceptors (Lipinski definition) is 7. The molecule has 1 atom stereocenters. The number of hydrogen-bond donors (Lipinski definition) is 0. The molecule has 1 aliphatic heterocycles. The molecule has 8 nitrogen and oxygen atoms in total. The maximum Gasteiger partial charge on any atom is 0.262 e. The highest BCUT2D eigenvalue weighted by Gasteiger charge is 2.36. The van der Waals surface area contributed by atoms with Crippen molar-refractivity contribution in [2.24, 2.45) is 5.10 Å². The number of carbonyl (C=O) groups excluding carboxylic acids is 2. The van der Waals surface area contributed by atoms with Crippen molar-refractivity contribution in [3.05, 3.63) is 46.2 Å². The number of carbonyl (C=O) groups is 2. The molecule has 1 aliphatic rings. The summed E-state index contributed by atoms with van der Waals surface area (Å²) in [7, 11) is 4.76. The maximum absolute atomic E-state index is 13.4. The Balaban J connectivity index is 1.95. The quantitative estimate of drug-likeness (QED) is 0.544. The molecule has 0 saturated carbocycles. The van der Waals surface area contributed by atoms with Crippen molar-refractivity contribution in [1.82, 2.24) is 9.91 Å². The van der Waals surface area contributed by atoms with Gasteiger partial charge in [-0.15, -0.1) is 11.3 Å². The molecule has 0 N–H and O–H groups in total. The average molecular weight is 460 g/mol. The number of amides is 2. The topological polar surface area (TPSA) is 80.7 Å². The first-order valence-electron chi connectivity index (χ1n) is 10.4. The molecule has 0 spiro atoms. The Kier molecular flexibility index (Phi) is 8.24. The Bertz CT molecular complexity index is 961. The summed E-state index contributed by atoms with van der Waals surface area (Å²) in [4.78, 5) is 28.3. The molecule has 0 fully saturated rings. The van der Waals surface area contributed by atoms with Gasteiger partial charge >= 0.3 is 0 Å². The monoisotopic (exact) mass is 459 g/mol. The van der Waals surface area contributed by atoms with E-state index in [0.717, 1.165) is 16.2 Å². The van der Waals surface area contributed by atoms with E-state index < -0.39 is 0 Å². The molecule has 2 amide bonds. The molecule has 1 aromatic carbocycles. The van der Waals surface area contributed by atoms with Gasteiger partial charge in [-0.05, 0) is 29.6 Å². The van der Waals surface area contributed by atoms with Gasteiger partial charge < -0.3 is 19.1 Å². The fraction of sp³-hybridized carbons (Fsp3) is 0.435. The number of thiophene rings is 1. The minimum atomic E-state index is -0.370. The standard InChI is InChI=1S/C23H29N3O5S/c1-5-22(27)25(10-11-29-2)15-23(28)26-19(14-18(24-26)21-7-6-12-32-21)17-13-16(30-3)8-9-20(17)31-4/h6-9,12-13,19H,5,10-11,14-15H2,1-4H3/t19-/m1/s1. The number of ether oxygens (including phenoxy) is 3. The lowest BCUT2D eigenvalue weighted by molar-refractivity contribution is -0.142. The van der Waals surface area contributed by atoms with Crippen LogP contribution in [0.15, 0.2) is 40.8 Å². The summed E-state index contributed by atoms with van der Waals surface area (Å²) in [5.41, 5.74) is 1.63. The van der Waals surface area contributed by atoms with Crippen molar-refractivity contribution in [2.75, 3.05) is 41.0 Å². The number of methoxy groups -OCH3 is 3. The van der Waals surface area contributed by atoms with Crippen molar-refractivity contribution in [3.8, 4) is 11.5 Å². The van der Waals surface area contributed by atoms with Crippen LogP contribution in [0.4, 0.5) is 0 Å². The van der Waals surface area contributed by atoms with Crippen LogP contribution in [0.3, 0.4) is 0 Å². The molecule has 3 rings (SSSR count). The Morgan fingerprint density at radius 3 is 2.66 bits per heavy atom. The van der Waals surface area contributed by atoms with Gasteiger partial charge in [-0.1, -0.05) is 13.0 Å². The highest BCUT2D eigenvalue weighted by atomic mass is 32.1. The fourth-order valence-electron chi connectivity index (χ4n) is 3.63. The Labute approximate surface area is 192 Å². The zero-order valence-corrected chi connectivity index (χ0v) is 19.7. The lowest BCUT2D eigenvalue weighted by atomic mass is 9.99. The van der Waals surface area contributed by atoms with Gasteiger partial charge in [0.2, 0.25) is 5.91 Å². The second kappa shape index (κ2) is 11.1. The highest BCUT2D eigenvalue weighted by molar-refractivity contribution is 7.12. The Morgan fingerprint density at radius 2 is 2.03 bits per heavy atom. The molecule has 172 valence electrons. The third-order valence-corrected chi connectivity index (χ3v) is 6.23. The summed E-state index contributed by atoms with van der Waals surface area (Å²) < 4.78 is 16.1. The van der Waals surface area contributed by atoms with Gasteiger partial charge in [-0.2, -0.15) is 5.10 Å². The molecular weight excluding hydrogens is 430 g/mol. The summed E-state index contributed by atoms with van der Waals surface area (Å²) in [6.45, 7) is 2.41. The number of rotatable bonds is 10. The van der Waals surface area contributed by atoms with E-state index in [1.54, 1.807) is 39.6 Å². The molecular formula is C23H29N3O5S. The normalized spacial score (nSPS) is 15.4. The fourth-order valence-corrected chi connectivity index (χ4v) is 4.35. The van der Waals surface area contributed by atoms with Crippen molar-refractivity contribution in [2.45, 2.75) is 25.8 Å². The number of hydrazone groups is 1. The minimum Gasteiger partial charge on any atom is -0.497 e. The lowest BCUT2D eigenvalue weighted by Crippen LogP contribution is -2.42. The molecule has 32 heavy (non-hydrogen) atoms. The number of benzene rings is 1. The molecule has 0 radical (unpaired) electrons. The predicted molar refractivity (Wildman–Crippen MR) is 123 cm³/mol. The van der Waals surface area contributed by atoms with Gasteiger partial charge in [0.25, 0.3) is 5.91 Å². The van der Waals surface area contributed by atoms with Crippen LogP contribution in [0.1, 0.15) is 36.2 Å². The second-order valence-electron chi connectivity index (χ2n) is 7.25. The molecule has 0 bridgehead atoms. The maximum atomic E-state index is 13.4. The summed E-state index contributed by atoms with van der Waals surface area (Å²) >= 11 is 1.58. The van der Waals surface area contributed by atoms with Crippen LogP contribution in [0.25, 0.3) is 0 Å². The third-order valence-electron chi connectivity index (χ3n) is 5.31. The van der Waals surface area contributed by atoms with Crippen LogP contribution in [0.5, 0.6) is 11.5 Å². The second-order valence-corrected chi connectivity index (χ2v) is 8.20. The van der Waals surface area contributed by atoms with E-state index in [0.29, 0.717) is 37.5 Å². The molecule has 9 heteroatoms. The average Bonchev–Trinajstić information content (AvgIpc) is 3.50. The number of nitrogens with zero attached hydrogens (tertiary/aromatic N) is 3. The van der Waals surface area contributed by atoms with Crippen LogP contribution in [-0.2, 0) is 14.3 Å². The molecule has 1 aromatic heterocycles.